The van der Waals surface area contributed by atoms with Crippen molar-refractivity contribution in [2.45, 2.75) is 13.0 Å². The average molecular weight is 546 g/mol. The molecular formula is C30H27NO9. The topological polar surface area (TPSA) is 122 Å². The summed E-state index contributed by atoms with van der Waals surface area (Å²) in [5.41, 5.74) is 3.67. The number of rotatable bonds is 6. The number of aromatic hydroxyl groups is 2. The number of aromatic nitrogens is 1. The van der Waals surface area contributed by atoms with Gasteiger partial charge in [0.25, 0.3) is 0 Å². The molecule has 0 spiro atoms. The van der Waals surface area contributed by atoms with Gasteiger partial charge in [0.15, 0.2) is 34.5 Å². The largest absolute Gasteiger partial charge is 0.504 e. The van der Waals surface area contributed by atoms with E-state index >= 15 is 0 Å². The summed E-state index contributed by atoms with van der Waals surface area (Å²) in [6, 6.07) is 9.96. The van der Waals surface area contributed by atoms with Gasteiger partial charge in [-0.2, -0.15) is 0 Å². The standard InChI is InChI=1S/C30H27NO9/c1-35-20-7-6-14(10-18(20)32)24-25-17-12-22(36-2)19(33)13-21(17)40-30(34)27(25)31-9-8-15-16(26(24)31)11-23(37-3)29(39-5)28(15)38-4/h6-7,10-13,32-33H,8-9H2,1-5H3. The van der Waals surface area contributed by atoms with E-state index in [1.54, 1.807) is 39.5 Å². The smallest absolute Gasteiger partial charge is 0.361 e. The highest BCUT2D eigenvalue weighted by Crippen LogP contribution is 2.53. The number of ether oxygens (including phenoxy) is 5. The van der Waals surface area contributed by atoms with Crippen LogP contribution in [0.4, 0.5) is 0 Å². The van der Waals surface area contributed by atoms with E-state index in [-0.39, 0.29) is 22.8 Å². The highest BCUT2D eigenvalue weighted by atomic mass is 16.5. The predicted octanol–water partition coefficient (Wildman–Crippen LogP) is 5.09. The summed E-state index contributed by atoms with van der Waals surface area (Å²) in [6.07, 6.45) is 0.541. The Morgan fingerprint density at radius 3 is 2.15 bits per heavy atom. The molecule has 1 aliphatic rings. The first kappa shape index (κ1) is 25.3. The molecule has 0 unspecified atom stereocenters. The lowest BCUT2D eigenvalue weighted by atomic mass is 9.91. The van der Waals surface area contributed by atoms with Gasteiger partial charge in [0.1, 0.15) is 11.1 Å². The van der Waals surface area contributed by atoms with Crippen molar-refractivity contribution in [3.63, 3.8) is 0 Å². The van der Waals surface area contributed by atoms with Gasteiger partial charge in [-0.25, -0.2) is 4.79 Å². The molecule has 3 heterocycles. The minimum absolute atomic E-state index is 0.0588. The summed E-state index contributed by atoms with van der Waals surface area (Å²) in [4.78, 5) is 13.6. The van der Waals surface area contributed by atoms with Gasteiger partial charge in [-0.1, -0.05) is 6.07 Å². The van der Waals surface area contributed by atoms with Crippen LogP contribution in [0.15, 0.2) is 45.6 Å². The zero-order valence-corrected chi connectivity index (χ0v) is 22.6. The quantitative estimate of drug-likeness (QED) is 0.281. The van der Waals surface area contributed by atoms with Crippen LogP contribution in [0.25, 0.3) is 44.3 Å². The van der Waals surface area contributed by atoms with Crippen LogP contribution in [0.3, 0.4) is 0 Å². The number of hydrogen-bond donors (Lipinski definition) is 2. The van der Waals surface area contributed by atoms with Crippen molar-refractivity contribution in [1.82, 2.24) is 4.57 Å². The molecule has 2 N–H and O–H groups in total. The second-order valence-corrected chi connectivity index (χ2v) is 9.32. The van der Waals surface area contributed by atoms with Crippen LogP contribution in [0.1, 0.15) is 5.56 Å². The minimum atomic E-state index is -0.562. The third kappa shape index (κ3) is 3.45. The lowest BCUT2D eigenvalue weighted by Crippen LogP contribution is -2.16. The molecular weight excluding hydrogens is 518 g/mol. The Labute approximate surface area is 228 Å². The molecule has 1 aliphatic heterocycles. The normalized spacial score (nSPS) is 12.2. The summed E-state index contributed by atoms with van der Waals surface area (Å²) in [6.45, 7) is 0.443. The number of fused-ring (bicyclic) bond motifs is 7. The molecule has 10 nitrogen and oxygen atoms in total. The van der Waals surface area contributed by atoms with E-state index in [1.165, 1.54) is 20.3 Å². The molecule has 10 heteroatoms. The molecule has 3 aromatic carbocycles. The number of methoxy groups -OCH3 is 5. The number of benzene rings is 3. The second-order valence-electron chi connectivity index (χ2n) is 9.32. The molecule has 40 heavy (non-hydrogen) atoms. The zero-order chi connectivity index (χ0) is 28.3. The Morgan fingerprint density at radius 2 is 1.50 bits per heavy atom. The van der Waals surface area contributed by atoms with Crippen LogP contribution >= 0.6 is 0 Å². The summed E-state index contributed by atoms with van der Waals surface area (Å²) in [7, 11) is 7.60. The molecule has 2 aromatic heterocycles. The summed E-state index contributed by atoms with van der Waals surface area (Å²) >= 11 is 0. The molecule has 5 aromatic rings. The Hall–Kier alpha value is -4.99. The molecule has 0 aliphatic carbocycles. The van der Waals surface area contributed by atoms with Crippen molar-refractivity contribution in [2.75, 3.05) is 35.5 Å². The summed E-state index contributed by atoms with van der Waals surface area (Å²) in [5.74, 6) is 1.80. The van der Waals surface area contributed by atoms with Crippen molar-refractivity contribution >= 4 is 21.9 Å². The highest BCUT2D eigenvalue weighted by molar-refractivity contribution is 6.17. The Balaban J connectivity index is 1.85. The summed E-state index contributed by atoms with van der Waals surface area (Å²) < 4.78 is 35.4. The van der Waals surface area contributed by atoms with Crippen LogP contribution in [0.5, 0.6) is 40.2 Å². The lowest BCUT2D eigenvalue weighted by molar-refractivity contribution is 0.321. The zero-order valence-electron chi connectivity index (χ0n) is 22.6. The van der Waals surface area contributed by atoms with E-state index in [1.807, 2.05) is 16.7 Å². The van der Waals surface area contributed by atoms with E-state index < -0.39 is 5.63 Å². The van der Waals surface area contributed by atoms with Gasteiger partial charge in [-0.15, -0.1) is 0 Å². The van der Waals surface area contributed by atoms with Crippen LogP contribution in [0, 0.1) is 0 Å². The van der Waals surface area contributed by atoms with Gasteiger partial charge in [0.2, 0.25) is 5.75 Å². The fraction of sp³-hybridized carbons (Fsp3) is 0.233. The van der Waals surface area contributed by atoms with Gasteiger partial charge in [-0.3, -0.25) is 0 Å². The molecule has 206 valence electrons. The van der Waals surface area contributed by atoms with E-state index in [9.17, 15) is 15.0 Å². The first-order valence-corrected chi connectivity index (χ1v) is 12.5. The fourth-order valence-electron chi connectivity index (χ4n) is 5.76. The third-order valence-electron chi connectivity index (χ3n) is 7.45. The molecule has 0 saturated heterocycles. The van der Waals surface area contributed by atoms with E-state index in [2.05, 4.69) is 0 Å². The van der Waals surface area contributed by atoms with Crippen LogP contribution in [-0.4, -0.2) is 50.3 Å². The Bertz CT molecular complexity index is 1880. The van der Waals surface area contributed by atoms with E-state index in [4.69, 9.17) is 28.1 Å². The van der Waals surface area contributed by atoms with Gasteiger partial charge < -0.3 is 42.9 Å². The Kier molecular flexibility index (Phi) is 5.90. The van der Waals surface area contributed by atoms with E-state index in [0.29, 0.717) is 69.1 Å². The first-order valence-electron chi connectivity index (χ1n) is 12.5. The highest BCUT2D eigenvalue weighted by Gasteiger charge is 2.33. The van der Waals surface area contributed by atoms with Crippen LogP contribution in [0.2, 0.25) is 0 Å². The molecule has 0 atom stereocenters. The minimum Gasteiger partial charge on any atom is -0.504 e. The molecule has 0 radical (unpaired) electrons. The van der Waals surface area contributed by atoms with Crippen molar-refractivity contribution in [3.05, 3.63) is 52.4 Å². The third-order valence-corrected chi connectivity index (χ3v) is 7.45. The molecule has 0 amide bonds. The van der Waals surface area contributed by atoms with Crippen molar-refractivity contribution < 1.29 is 38.3 Å². The van der Waals surface area contributed by atoms with Crippen LogP contribution in [-0.2, 0) is 13.0 Å². The van der Waals surface area contributed by atoms with Gasteiger partial charge >= 0.3 is 5.63 Å². The number of aryl methyl sites for hydroxylation is 1. The SMILES string of the molecule is COc1ccc(-c2c3n(c4c(=O)oc5cc(O)c(OC)cc5c24)CCc2c-3cc(OC)c(OC)c2OC)cc1O. The van der Waals surface area contributed by atoms with Gasteiger partial charge in [0.05, 0.1) is 41.2 Å². The second kappa shape index (κ2) is 9.33. The number of phenolic OH excluding ortho intramolecular Hbond substituents is 2. The van der Waals surface area contributed by atoms with Crippen molar-refractivity contribution in [2.24, 2.45) is 0 Å². The summed E-state index contributed by atoms with van der Waals surface area (Å²) in [5, 5.41) is 22.3. The number of phenols is 2. The molecule has 6 rings (SSSR count). The average Bonchev–Trinajstić information content (AvgIpc) is 3.32. The van der Waals surface area contributed by atoms with E-state index in [0.717, 1.165) is 11.1 Å². The first-order chi connectivity index (χ1) is 19.4. The number of nitrogens with zero attached hydrogens (tertiary/aromatic N) is 1. The maximum atomic E-state index is 13.6. The Morgan fingerprint density at radius 1 is 0.800 bits per heavy atom. The maximum absolute atomic E-state index is 13.6. The lowest BCUT2D eigenvalue weighted by Gasteiger charge is -2.25. The molecule has 0 bridgehead atoms. The van der Waals surface area contributed by atoms with Gasteiger partial charge in [0, 0.05) is 40.1 Å². The monoisotopic (exact) mass is 545 g/mol. The molecule has 0 saturated carbocycles. The van der Waals surface area contributed by atoms with Crippen LogP contribution < -0.4 is 29.3 Å². The fourth-order valence-corrected chi connectivity index (χ4v) is 5.76. The maximum Gasteiger partial charge on any atom is 0.361 e. The van der Waals surface area contributed by atoms with Gasteiger partial charge in [-0.05, 0) is 36.2 Å². The van der Waals surface area contributed by atoms with Crippen molar-refractivity contribution in [1.29, 1.82) is 0 Å². The van der Waals surface area contributed by atoms with Crippen molar-refractivity contribution in [3.8, 4) is 62.6 Å². The predicted molar refractivity (Wildman–Crippen MR) is 149 cm³/mol. The number of hydrogen-bond acceptors (Lipinski definition) is 9. The molecule has 0 fully saturated rings.